The van der Waals surface area contributed by atoms with Crippen LogP contribution in [0.5, 0.6) is 11.5 Å². The molecule has 0 atom stereocenters. The number of rotatable bonds is 3. The quantitative estimate of drug-likeness (QED) is 0.792. The molecule has 0 radical (unpaired) electrons. The minimum atomic E-state index is 0.783. The third-order valence-corrected chi connectivity index (χ3v) is 2.72. The van der Waals surface area contributed by atoms with E-state index in [2.05, 4.69) is 11.9 Å². The monoisotopic (exact) mass is 217 g/mol. The van der Waals surface area contributed by atoms with Crippen molar-refractivity contribution in [2.45, 2.75) is 13.3 Å². The summed E-state index contributed by atoms with van der Waals surface area (Å²) in [5.41, 5.74) is 2.09. The van der Waals surface area contributed by atoms with Gasteiger partial charge < -0.3 is 9.47 Å². The number of aryl methyl sites for hydroxylation is 1. The SMILES string of the molecule is CCc1ccnc2c(OC)ccc(OC)c12. The summed E-state index contributed by atoms with van der Waals surface area (Å²) >= 11 is 0. The van der Waals surface area contributed by atoms with Crippen molar-refractivity contribution < 1.29 is 9.47 Å². The maximum absolute atomic E-state index is 5.37. The molecule has 0 spiro atoms. The van der Waals surface area contributed by atoms with Gasteiger partial charge in [-0.05, 0) is 30.2 Å². The summed E-state index contributed by atoms with van der Waals surface area (Å²) in [5, 5.41) is 1.05. The molecule has 0 saturated heterocycles. The van der Waals surface area contributed by atoms with Crippen molar-refractivity contribution in [1.29, 1.82) is 0 Å². The van der Waals surface area contributed by atoms with Gasteiger partial charge >= 0.3 is 0 Å². The van der Waals surface area contributed by atoms with E-state index in [0.29, 0.717) is 0 Å². The number of hydrogen-bond acceptors (Lipinski definition) is 3. The van der Waals surface area contributed by atoms with Crippen LogP contribution in [0.3, 0.4) is 0 Å². The number of fused-ring (bicyclic) bond motifs is 1. The van der Waals surface area contributed by atoms with Gasteiger partial charge in [-0.25, -0.2) is 0 Å². The minimum Gasteiger partial charge on any atom is -0.496 e. The molecule has 2 rings (SSSR count). The van der Waals surface area contributed by atoms with Crippen LogP contribution in [-0.4, -0.2) is 19.2 Å². The Balaban J connectivity index is 2.84. The first kappa shape index (κ1) is 10.7. The van der Waals surface area contributed by atoms with E-state index in [0.717, 1.165) is 28.8 Å². The van der Waals surface area contributed by atoms with Crippen LogP contribution < -0.4 is 9.47 Å². The van der Waals surface area contributed by atoms with Crippen LogP contribution >= 0.6 is 0 Å². The molecular formula is C13H15NO2. The molecule has 0 aliphatic carbocycles. The molecule has 16 heavy (non-hydrogen) atoms. The number of methoxy groups -OCH3 is 2. The molecule has 1 heterocycles. The van der Waals surface area contributed by atoms with E-state index in [1.165, 1.54) is 5.56 Å². The average Bonchev–Trinajstić information content (AvgIpc) is 2.36. The highest BCUT2D eigenvalue weighted by Crippen LogP contribution is 2.33. The number of benzene rings is 1. The van der Waals surface area contributed by atoms with E-state index in [1.807, 2.05) is 24.4 Å². The summed E-state index contributed by atoms with van der Waals surface area (Å²) in [6.07, 6.45) is 2.76. The summed E-state index contributed by atoms with van der Waals surface area (Å²) in [6, 6.07) is 5.82. The maximum Gasteiger partial charge on any atom is 0.145 e. The first-order valence-electron chi connectivity index (χ1n) is 5.30. The van der Waals surface area contributed by atoms with Crippen LogP contribution in [0, 0.1) is 0 Å². The zero-order valence-corrected chi connectivity index (χ0v) is 9.78. The number of pyridine rings is 1. The van der Waals surface area contributed by atoms with Gasteiger partial charge in [-0.3, -0.25) is 4.98 Å². The van der Waals surface area contributed by atoms with Gasteiger partial charge in [0.05, 0.1) is 14.2 Å². The second kappa shape index (κ2) is 4.39. The van der Waals surface area contributed by atoms with Crippen LogP contribution in [0.15, 0.2) is 24.4 Å². The fraction of sp³-hybridized carbons (Fsp3) is 0.308. The second-order valence-corrected chi connectivity index (χ2v) is 3.52. The van der Waals surface area contributed by atoms with Gasteiger partial charge in [-0.1, -0.05) is 6.92 Å². The highest BCUT2D eigenvalue weighted by molar-refractivity contribution is 5.92. The van der Waals surface area contributed by atoms with Gasteiger partial charge in [-0.2, -0.15) is 0 Å². The van der Waals surface area contributed by atoms with Gasteiger partial charge in [0, 0.05) is 11.6 Å². The van der Waals surface area contributed by atoms with Crippen LogP contribution in [0.2, 0.25) is 0 Å². The Labute approximate surface area is 95.0 Å². The summed E-state index contributed by atoms with van der Waals surface area (Å²) in [6.45, 7) is 2.12. The summed E-state index contributed by atoms with van der Waals surface area (Å²) in [4.78, 5) is 4.36. The number of ether oxygens (including phenoxy) is 2. The highest BCUT2D eigenvalue weighted by atomic mass is 16.5. The molecule has 0 aliphatic rings. The molecule has 0 amide bonds. The Morgan fingerprint density at radius 1 is 1.06 bits per heavy atom. The third-order valence-electron chi connectivity index (χ3n) is 2.72. The van der Waals surface area contributed by atoms with E-state index in [-0.39, 0.29) is 0 Å². The molecule has 0 fully saturated rings. The zero-order valence-electron chi connectivity index (χ0n) is 9.78. The predicted octanol–water partition coefficient (Wildman–Crippen LogP) is 2.81. The molecule has 1 aromatic heterocycles. The molecule has 0 N–H and O–H groups in total. The topological polar surface area (TPSA) is 31.4 Å². The second-order valence-electron chi connectivity index (χ2n) is 3.52. The molecule has 2 aromatic rings. The molecule has 0 bridgehead atoms. The third kappa shape index (κ3) is 1.58. The van der Waals surface area contributed by atoms with Crippen molar-refractivity contribution in [3.05, 3.63) is 30.0 Å². The molecule has 3 nitrogen and oxygen atoms in total. The first-order chi connectivity index (χ1) is 7.81. The van der Waals surface area contributed by atoms with Gasteiger partial charge in [-0.15, -0.1) is 0 Å². The van der Waals surface area contributed by atoms with Crippen LogP contribution in [-0.2, 0) is 6.42 Å². The lowest BCUT2D eigenvalue weighted by Crippen LogP contribution is -1.94. The maximum atomic E-state index is 5.37. The molecule has 1 aromatic carbocycles. The molecular weight excluding hydrogens is 202 g/mol. The Morgan fingerprint density at radius 2 is 1.75 bits per heavy atom. The van der Waals surface area contributed by atoms with E-state index in [9.17, 15) is 0 Å². The lowest BCUT2D eigenvalue weighted by molar-refractivity contribution is 0.409. The van der Waals surface area contributed by atoms with Crippen LogP contribution in [0.4, 0.5) is 0 Å². The van der Waals surface area contributed by atoms with Gasteiger partial charge in [0.15, 0.2) is 0 Å². The number of nitrogens with zero attached hydrogens (tertiary/aromatic N) is 1. The van der Waals surface area contributed by atoms with Crippen LogP contribution in [0.25, 0.3) is 10.9 Å². The van der Waals surface area contributed by atoms with Crippen molar-refractivity contribution in [2.75, 3.05) is 14.2 Å². The normalized spacial score (nSPS) is 10.4. The molecule has 3 heteroatoms. The summed E-state index contributed by atoms with van der Waals surface area (Å²) in [7, 11) is 3.33. The van der Waals surface area contributed by atoms with E-state index in [4.69, 9.17) is 9.47 Å². The van der Waals surface area contributed by atoms with E-state index in [1.54, 1.807) is 14.2 Å². The van der Waals surface area contributed by atoms with E-state index < -0.39 is 0 Å². The van der Waals surface area contributed by atoms with Gasteiger partial charge in [0.2, 0.25) is 0 Å². The van der Waals surface area contributed by atoms with Crippen molar-refractivity contribution in [3.63, 3.8) is 0 Å². The lowest BCUT2D eigenvalue weighted by Gasteiger charge is -2.11. The molecule has 0 aliphatic heterocycles. The fourth-order valence-electron chi connectivity index (χ4n) is 1.91. The lowest BCUT2D eigenvalue weighted by atomic mass is 10.1. The number of hydrogen-bond donors (Lipinski definition) is 0. The van der Waals surface area contributed by atoms with Crippen molar-refractivity contribution in [2.24, 2.45) is 0 Å². The number of aromatic nitrogens is 1. The zero-order chi connectivity index (χ0) is 11.5. The first-order valence-corrected chi connectivity index (χ1v) is 5.30. The summed E-state index contributed by atoms with van der Waals surface area (Å²) < 4.78 is 10.7. The Hall–Kier alpha value is -1.77. The van der Waals surface area contributed by atoms with Crippen molar-refractivity contribution >= 4 is 10.9 Å². The van der Waals surface area contributed by atoms with E-state index >= 15 is 0 Å². The summed E-state index contributed by atoms with van der Waals surface area (Å²) in [5.74, 6) is 1.63. The van der Waals surface area contributed by atoms with Crippen molar-refractivity contribution in [1.82, 2.24) is 4.98 Å². The largest absolute Gasteiger partial charge is 0.496 e. The predicted molar refractivity (Wildman–Crippen MR) is 64.2 cm³/mol. The molecule has 0 saturated carbocycles. The van der Waals surface area contributed by atoms with Crippen molar-refractivity contribution in [3.8, 4) is 11.5 Å². The van der Waals surface area contributed by atoms with Crippen LogP contribution in [0.1, 0.15) is 12.5 Å². The Morgan fingerprint density at radius 3 is 2.38 bits per heavy atom. The average molecular weight is 217 g/mol. The fourth-order valence-corrected chi connectivity index (χ4v) is 1.91. The molecule has 84 valence electrons. The highest BCUT2D eigenvalue weighted by Gasteiger charge is 2.11. The molecule has 0 unspecified atom stereocenters. The standard InChI is InChI=1S/C13H15NO2/c1-4-9-7-8-14-13-11(16-3)6-5-10(15-2)12(9)13/h5-8H,4H2,1-3H3. The van der Waals surface area contributed by atoms with Gasteiger partial charge in [0.1, 0.15) is 17.0 Å². The minimum absolute atomic E-state index is 0.783. The Kier molecular flexibility index (Phi) is 2.95. The van der Waals surface area contributed by atoms with Gasteiger partial charge in [0.25, 0.3) is 0 Å². The smallest absolute Gasteiger partial charge is 0.145 e. The Bertz CT molecular complexity index is 498.